The number of hydrogen-bond acceptors (Lipinski definition) is 3. The van der Waals surface area contributed by atoms with Gasteiger partial charge in [-0.2, -0.15) is 0 Å². The molecule has 0 saturated heterocycles. The van der Waals surface area contributed by atoms with Crippen molar-refractivity contribution in [3.05, 3.63) is 58.1 Å². The lowest BCUT2D eigenvalue weighted by Crippen LogP contribution is -2.14. The van der Waals surface area contributed by atoms with Crippen molar-refractivity contribution in [1.29, 1.82) is 0 Å². The highest BCUT2D eigenvalue weighted by Crippen LogP contribution is 2.27. The number of benzene rings is 1. The largest absolute Gasteiger partial charge is 0.492 e. The third-order valence-electron chi connectivity index (χ3n) is 2.88. The van der Waals surface area contributed by atoms with E-state index in [4.69, 9.17) is 10.5 Å². The third kappa shape index (κ3) is 3.35. The van der Waals surface area contributed by atoms with Crippen LogP contribution in [0.15, 0.2) is 41.1 Å². The molecule has 1 aromatic heterocycles. The first kappa shape index (κ1) is 14.9. The molecule has 0 saturated carbocycles. The fourth-order valence-electron chi connectivity index (χ4n) is 1.84. The van der Waals surface area contributed by atoms with E-state index in [0.717, 1.165) is 12.0 Å². The van der Waals surface area contributed by atoms with Crippen molar-refractivity contribution in [2.75, 3.05) is 6.61 Å². The van der Waals surface area contributed by atoms with Gasteiger partial charge in [0, 0.05) is 11.8 Å². The van der Waals surface area contributed by atoms with Crippen LogP contribution in [0.4, 0.5) is 4.39 Å². The topological polar surface area (TPSA) is 48.1 Å². The fourth-order valence-corrected chi connectivity index (χ4v) is 2.23. The molecule has 1 heterocycles. The van der Waals surface area contributed by atoms with Gasteiger partial charge in [0.2, 0.25) is 0 Å². The number of aromatic nitrogens is 1. The lowest BCUT2D eigenvalue weighted by Gasteiger charge is -2.15. The molecule has 0 aliphatic heterocycles. The molecule has 0 amide bonds. The van der Waals surface area contributed by atoms with E-state index in [-0.39, 0.29) is 5.82 Å². The lowest BCUT2D eigenvalue weighted by molar-refractivity contribution is 0.315. The summed E-state index contributed by atoms with van der Waals surface area (Å²) in [7, 11) is 0. The molecule has 1 atom stereocenters. The Morgan fingerprint density at radius 2 is 2.20 bits per heavy atom. The maximum Gasteiger partial charge on any atom is 0.142 e. The van der Waals surface area contributed by atoms with Crippen LogP contribution in [-0.4, -0.2) is 11.6 Å². The van der Waals surface area contributed by atoms with Crippen LogP contribution in [0, 0.1) is 5.82 Å². The number of pyridine rings is 1. The highest BCUT2D eigenvalue weighted by molar-refractivity contribution is 9.10. The van der Waals surface area contributed by atoms with Gasteiger partial charge in [-0.1, -0.05) is 19.1 Å². The van der Waals surface area contributed by atoms with Gasteiger partial charge in [-0.25, -0.2) is 4.39 Å². The van der Waals surface area contributed by atoms with Crippen molar-refractivity contribution in [3.8, 4) is 5.75 Å². The zero-order valence-corrected chi connectivity index (χ0v) is 12.7. The Morgan fingerprint density at radius 1 is 1.40 bits per heavy atom. The SMILES string of the molecule is CCCOc1cncc(C(N)c2cccc(Br)c2F)c1. The molecule has 0 fully saturated rings. The summed E-state index contributed by atoms with van der Waals surface area (Å²) in [6.07, 6.45) is 4.17. The van der Waals surface area contributed by atoms with Crippen LogP contribution in [0.1, 0.15) is 30.5 Å². The molecule has 2 N–H and O–H groups in total. The summed E-state index contributed by atoms with van der Waals surface area (Å²) in [5.74, 6) is 0.301. The Balaban J connectivity index is 2.28. The Labute approximate surface area is 126 Å². The van der Waals surface area contributed by atoms with E-state index < -0.39 is 6.04 Å². The summed E-state index contributed by atoms with van der Waals surface area (Å²) in [5.41, 5.74) is 7.27. The number of halogens is 2. The highest BCUT2D eigenvalue weighted by atomic mass is 79.9. The lowest BCUT2D eigenvalue weighted by atomic mass is 10.0. The number of rotatable bonds is 5. The van der Waals surface area contributed by atoms with Gasteiger partial charge >= 0.3 is 0 Å². The van der Waals surface area contributed by atoms with Gasteiger partial charge in [0.15, 0.2) is 0 Å². The minimum absolute atomic E-state index is 0.347. The zero-order valence-electron chi connectivity index (χ0n) is 11.1. The number of nitrogens with zero attached hydrogens (tertiary/aromatic N) is 1. The molecule has 3 nitrogen and oxygen atoms in total. The molecule has 0 spiro atoms. The van der Waals surface area contributed by atoms with Crippen LogP contribution in [0.25, 0.3) is 0 Å². The smallest absolute Gasteiger partial charge is 0.142 e. The van der Waals surface area contributed by atoms with Crippen LogP contribution in [0.3, 0.4) is 0 Å². The average Bonchev–Trinajstić information content (AvgIpc) is 2.47. The van der Waals surface area contributed by atoms with E-state index in [2.05, 4.69) is 20.9 Å². The number of nitrogens with two attached hydrogens (primary N) is 1. The van der Waals surface area contributed by atoms with Gasteiger partial charge in [-0.05, 0) is 40.0 Å². The fraction of sp³-hybridized carbons (Fsp3) is 0.267. The first-order chi connectivity index (χ1) is 9.63. The van der Waals surface area contributed by atoms with Crippen molar-refractivity contribution < 1.29 is 9.13 Å². The van der Waals surface area contributed by atoms with E-state index >= 15 is 0 Å². The summed E-state index contributed by atoms with van der Waals surface area (Å²) in [6.45, 7) is 2.64. The van der Waals surface area contributed by atoms with Crippen LogP contribution < -0.4 is 10.5 Å². The Bertz CT molecular complexity index is 592. The highest BCUT2D eigenvalue weighted by Gasteiger charge is 2.16. The van der Waals surface area contributed by atoms with E-state index in [1.165, 1.54) is 0 Å². The van der Waals surface area contributed by atoms with Gasteiger partial charge in [0.1, 0.15) is 11.6 Å². The summed E-state index contributed by atoms with van der Waals surface area (Å²) >= 11 is 3.16. The van der Waals surface area contributed by atoms with E-state index in [9.17, 15) is 4.39 Å². The van der Waals surface area contributed by atoms with Crippen LogP contribution in [-0.2, 0) is 0 Å². The van der Waals surface area contributed by atoms with Crippen LogP contribution in [0.2, 0.25) is 0 Å². The minimum Gasteiger partial charge on any atom is -0.492 e. The van der Waals surface area contributed by atoms with Gasteiger partial charge < -0.3 is 10.5 Å². The maximum absolute atomic E-state index is 14.1. The molecule has 0 aliphatic carbocycles. The molecule has 2 rings (SSSR count). The van der Waals surface area contributed by atoms with Crippen molar-refractivity contribution >= 4 is 15.9 Å². The second-order valence-electron chi connectivity index (χ2n) is 4.42. The molecule has 0 radical (unpaired) electrons. The van der Waals surface area contributed by atoms with E-state index in [1.54, 1.807) is 36.7 Å². The second-order valence-corrected chi connectivity index (χ2v) is 5.28. The zero-order chi connectivity index (χ0) is 14.5. The van der Waals surface area contributed by atoms with Crippen molar-refractivity contribution in [1.82, 2.24) is 4.98 Å². The van der Waals surface area contributed by atoms with Gasteiger partial charge in [0.05, 0.1) is 23.3 Å². The molecule has 106 valence electrons. The molecular formula is C15H16BrFN2O. The quantitative estimate of drug-likeness (QED) is 0.901. The summed E-state index contributed by atoms with van der Waals surface area (Å²) < 4.78 is 20.0. The van der Waals surface area contributed by atoms with E-state index in [0.29, 0.717) is 22.4 Å². The average molecular weight is 339 g/mol. The summed E-state index contributed by atoms with van der Waals surface area (Å²) in [5, 5.41) is 0. The Kier molecular flexibility index (Phi) is 5.09. The number of hydrogen-bond donors (Lipinski definition) is 1. The predicted molar refractivity (Wildman–Crippen MR) is 80.2 cm³/mol. The van der Waals surface area contributed by atoms with E-state index in [1.807, 2.05) is 6.92 Å². The molecule has 2 aromatic rings. The molecule has 0 bridgehead atoms. The normalized spacial score (nSPS) is 12.2. The van der Waals surface area contributed by atoms with Crippen LogP contribution >= 0.6 is 15.9 Å². The first-order valence-electron chi connectivity index (χ1n) is 6.40. The summed E-state index contributed by atoms with van der Waals surface area (Å²) in [4.78, 5) is 4.10. The van der Waals surface area contributed by atoms with Crippen LogP contribution in [0.5, 0.6) is 5.75 Å². The van der Waals surface area contributed by atoms with Crippen molar-refractivity contribution in [2.45, 2.75) is 19.4 Å². The Morgan fingerprint density at radius 3 is 2.95 bits per heavy atom. The first-order valence-corrected chi connectivity index (χ1v) is 7.20. The van der Waals surface area contributed by atoms with Gasteiger partial charge in [0.25, 0.3) is 0 Å². The van der Waals surface area contributed by atoms with Crippen molar-refractivity contribution in [2.24, 2.45) is 5.73 Å². The maximum atomic E-state index is 14.1. The molecule has 1 aromatic carbocycles. The molecule has 20 heavy (non-hydrogen) atoms. The second kappa shape index (κ2) is 6.81. The molecular weight excluding hydrogens is 323 g/mol. The molecule has 0 aliphatic rings. The number of ether oxygens (including phenoxy) is 1. The summed E-state index contributed by atoms with van der Waals surface area (Å²) in [6, 6.07) is 6.29. The van der Waals surface area contributed by atoms with Crippen molar-refractivity contribution in [3.63, 3.8) is 0 Å². The monoisotopic (exact) mass is 338 g/mol. The standard InChI is InChI=1S/C15H16BrFN2O/c1-2-6-20-11-7-10(8-19-9-11)15(18)12-4-3-5-13(16)14(12)17/h3-5,7-9,15H,2,6,18H2,1H3. The van der Waals surface area contributed by atoms with Gasteiger partial charge in [-0.3, -0.25) is 4.98 Å². The molecule has 1 unspecified atom stereocenters. The third-order valence-corrected chi connectivity index (χ3v) is 3.50. The predicted octanol–water partition coefficient (Wildman–Crippen LogP) is 3.82. The Hall–Kier alpha value is -1.46. The minimum atomic E-state index is -0.579. The van der Waals surface area contributed by atoms with Gasteiger partial charge in [-0.15, -0.1) is 0 Å². The molecule has 5 heteroatoms.